The number of pyridine rings is 1. The largest absolute Gasteiger partial charge is 0.491 e. The van der Waals surface area contributed by atoms with E-state index >= 15 is 0 Å². The number of ether oxygens (including phenoxy) is 1. The van der Waals surface area contributed by atoms with E-state index in [2.05, 4.69) is 15.0 Å². The highest BCUT2D eigenvalue weighted by Gasteiger charge is 2.30. The lowest BCUT2D eigenvalue weighted by Crippen LogP contribution is -2.38. The van der Waals surface area contributed by atoms with Crippen molar-refractivity contribution in [2.45, 2.75) is 25.2 Å². The molecule has 0 bridgehead atoms. The Morgan fingerprint density at radius 1 is 1.25 bits per heavy atom. The Kier molecular flexibility index (Phi) is 4.70. The van der Waals surface area contributed by atoms with Crippen molar-refractivity contribution in [1.29, 1.82) is 0 Å². The summed E-state index contributed by atoms with van der Waals surface area (Å²) in [6.07, 6.45) is 3.41. The van der Waals surface area contributed by atoms with Crippen LogP contribution in [0.2, 0.25) is 0 Å². The molecule has 2 aromatic rings. The van der Waals surface area contributed by atoms with Gasteiger partial charge in [-0.1, -0.05) is 0 Å². The number of piperidine rings is 1. The molecule has 1 aromatic heterocycles. The van der Waals surface area contributed by atoms with E-state index in [-0.39, 0.29) is 17.4 Å². The van der Waals surface area contributed by atoms with Crippen molar-refractivity contribution in [3.05, 3.63) is 52.7 Å². The number of halogens is 2. The Bertz CT molecular complexity index is 933. The standard InChI is InChI=1S/C20H19F2N3O3/c1-28-18-15(21)8-12(9-16(18)22)20(27)25-6-3-11(4-7-25)13-2-5-23-19-14(13)10-17(26)24-19/h2,5,8-9,11H,3-4,6-7,10H2,1H3,(H,23,24,26). The summed E-state index contributed by atoms with van der Waals surface area (Å²) in [6.45, 7) is 0.939. The second kappa shape index (κ2) is 7.18. The van der Waals surface area contributed by atoms with E-state index in [1.165, 1.54) is 7.11 Å². The summed E-state index contributed by atoms with van der Waals surface area (Å²) in [7, 11) is 1.17. The molecular formula is C20H19F2N3O3. The summed E-state index contributed by atoms with van der Waals surface area (Å²) < 4.78 is 32.5. The van der Waals surface area contributed by atoms with Crippen LogP contribution in [0.5, 0.6) is 5.75 Å². The molecule has 0 aliphatic carbocycles. The van der Waals surface area contributed by atoms with Gasteiger partial charge in [0, 0.05) is 30.4 Å². The fourth-order valence-corrected chi connectivity index (χ4v) is 3.97. The summed E-state index contributed by atoms with van der Waals surface area (Å²) in [6, 6.07) is 3.93. The van der Waals surface area contributed by atoms with Crippen LogP contribution < -0.4 is 10.1 Å². The van der Waals surface area contributed by atoms with E-state index in [0.29, 0.717) is 38.2 Å². The number of carbonyl (C=O) groups excluding carboxylic acids is 2. The van der Waals surface area contributed by atoms with Gasteiger partial charge in [0.1, 0.15) is 5.82 Å². The molecule has 1 aromatic carbocycles. The molecule has 6 nitrogen and oxygen atoms in total. The SMILES string of the molecule is COc1c(F)cc(C(=O)N2CCC(c3ccnc4c3CC(=O)N4)CC2)cc1F. The number of rotatable bonds is 3. The summed E-state index contributed by atoms with van der Waals surface area (Å²) in [5.74, 6) is -1.94. The molecule has 1 fully saturated rings. The van der Waals surface area contributed by atoms with E-state index in [1.54, 1.807) is 11.1 Å². The molecule has 0 spiro atoms. The third kappa shape index (κ3) is 3.19. The predicted octanol–water partition coefficient (Wildman–Crippen LogP) is 2.88. The van der Waals surface area contributed by atoms with Crippen LogP contribution >= 0.6 is 0 Å². The molecule has 3 heterocycles. The van der Waals surface area contributed by atoms with E-state index in [9.17, 15) is 18.4 Å². The Morgan fingerprint density at radius 3 is 2.57 bits per heavy atom. The zero-order valence-electron chi connectivity index (χ0n) is 15.3. The number of anilines is 1. The fraction of sp³-hybridized carbons (Fsp3) is 0.350. The van der Waals surface area contributed by atoms with Crippen LogP contribution in [0.3, 0.4) is 0 Å². The van der Waals surface area contributed by atoms with Crippen LogP contribution in [0, 0.1) is 11.6 Å². The molecule has 2 aliphatic rings. The lowest BCUT2D eigenvalue weighted by molar-refractivity contribution is -0.115. The Hall–Kier alpha value is -3.03. The lowest BCUT2D eigenvalue weighted by Gasteiger charge is -2.33. The first-order valence-electron chi connectivity index (χ1n) is 9.08. The van der Waals surface area contributed by atoms with Gasteiger partial charge in [0.25, 0.3) is 5.91 Å². The lowest BCUT2D eigenvalue weighted by atomic mass is 9.86. The molecule has 2 amide bonds. The number of hydrogen-bond acceptors (Lipinski definition) is 4. The molecule has 28 heavy (non-hydrogen) atoms. The quantitative estimate of drug-likeness (QED) is 0.879. The maximum absolute atomic E-state index is 13.9. The van der Waals surface area contributed by atoms with Crippen LogP contribution in [0.15, 0.2) is 24.4 Å². The third-order valence-corrected chi connectivity index (χ3v) is 5.36. The first-order valence-corrected chi connectivity index (χ1v) is 9.08. The molecule has 0 unspecified atom stereocenters. The van der Waals surface area contributed by atoms with Crippen LogP contribution in [-0.4, -0.2) is 41.9 Å². The summed E-state index contributed by atoms with van der Waals surface area (Å²) in [4.78, 5) is 30.1. The number of amides is 2. The van der Waals surface area contributed by atoms with Gasteiger partial charge in [0.2, 0.25) is 5.91 Å². The van der Waals surface area contributed by atoms with Gasteiger partial charge in [-0.3, -0.25) is 9.59 Å². The van der Waals surface area contributed by atoms with Gasteiger partial charge in [0.15, 0.2) is 17.4 Å². The molecule has 1 N–H and O–H groups in total. The second-order valence-corrected chi connectivity index (χ2v) is 6.99. The molecule has 0 radical (unpaired) electrons. The van der Waals surface area contributed by atoms with E-state index in [1.807, 2.05) is 6.07 Å². The number of methoxy groups -OCH3 is 1. The molecule has 0 atom stereocenters. The number of likely N-dealkylation sites (tertiary alicyclic amines) is 1. The maximum atomic E-state index is 13.9. The average molecular weight is 387 g/mol. The number of nitrogens with zero attached hydrogens (tertiary/aromatic N) is 2. The number of benzene rings is 1. The van der Waals surface area contributed by atoms with Crippen molar-refractivity contribution in [3.8, 4) is 5.75 Å². The third-order valence-electron chi connectivity index (χ3n) is 5.36. The zero-order valence-corrected chi connectivity index (χ0v) is 15.3. The van der Waals surface area contributed by atoms with Crippen molar-refractivity contribution in [3.63, 3.8) is 0 Å². The minimum atomic E-state index is -0.898. The Morgan fingerprint density at radius 2 is 1.93 bits per heavy atom. The van der Waals surface area contributed by atoms with Crippen LogP contribution in [0.4, 0.5) is 14.6 Å². The molecule has 1 saturated heterocycles. The fourth-order valence-electron chi connectivity index (χ4n) is 3.97. The normalized spacial score (nSPS) is 16.7. The first kappa shape index (κ1) is 18.3. The van der Waals surface area contributed by atoms with E-state index < -0.39 is 23.3 Å². The topological polar surface area (TPSA) is 71.5 Å². The highest BCUT2D eigenvalue weighted by atomic mass is 19.1. The summed E-state index contributed by atoms with van der Waals surface area (Å²) in [5, 5.41) is 2.75. The number of aromatic nitrogens is 1. The highest BCUT2D eigenvalue weighted by Crippen LogP contribution is 2.35. The first-order chi connectivity index (χ1) is 13.5. The minimum absolute atomic E-state index is 0.0335. The van der Waals surface area contributed by atoms with Crippen molar-refractivity contribution in [1.82, 2.24) is 9.88 Å². The van der Waals surface area contributed by atoms with Gasteiger partial charge in [-0.2, -0.15) is 0 Å². The Balaban J connectivity index is 1.47. The molecule has 4 rings (SSSR count). The molecule has 0 saturated carbocycles. The van der Waals surface area contributed by atoms with Gasteiger partial charge in [-0.15, -0.1) is 0 Å². The molecule has 8 heteroatoms. The van der Waals surface area contributed by atoms with E-state index in [0.717, 1.165) is 23.3 Å². The molecule has 2 aliphatic heterocycles. The van der Waals surface area contributed by atoms with Gasteiger partial charge < -0.3 is 15.0 Å². The van der Waals surface area contributed by atoms with Crippen molar-refractivity contribution < 1.29 is 23.1 Å². The van der Waals surface area contributed by atoms with Gasteiger partial charge in [0.05, 0.1) is 13.5 Å². The van der Waals surface area contributed by atoms with Gasteiger partial charge >= 0.3 is 0 Å². The van der Waals surface area contributed by atoms with Crippen LogP contribution in [0.25, 0.3) is 0 Å². The minimum Gasteiger partial charge on any atom is -0.491 e. The van der Waals surface area contributed by atoms with Crippen LogP contribution in [0.1, 0.15) is 40.2 Å². The van der Waals surface area contributed by atoms with Crippen molar-refractivity contribution in [2.75, 3.05) is 25.5 Å². The monoisotopic (exact) mass is 387 g/mol. The zero-order chi connectivity index (χ0) is 19.8. The highest BCUT2D eigenvalue weighted by molar-refractivity contribution is 5.98. The number of nitrogens with one attached hydrogen (secondary N) is 1. The maximum Gasteiger partial charge on any atom is 0.254 e. The van der Waals surface area contributed by atoms with Gasteiger partial charge in [-0.05, 0) is 42.5 Å². The van der Waals surface area contributed by atoms with Crippen molar-refractivity contribution in [2.24, 2.45) is 0 Å². The summed E-state index contributed by atoms with van der Waals surface area (Å²) in [5.41, 5.74) is 1.97. The number of hydrogen-bond donors (Lipinski definition) is 1. The van der Waals surface area contributed by atoms with Crippen LogP contribution in [-0.2, 0) is 11.2 Å². The second-order valence-electron chi connectivity index (χ2n) is 6.99. The smallest absolute Gasteiger partial charge is 0.254 e. The Labute approximate surface area is 160 Å². The number of carbonyl (C=O) groups is 2. The molecule has 146 valence electrons. The van der Waals surface area contributed by atoms with Gasteiger partial charge in [-0.25, -0.2) is 13.8 Å². The predicted molar refractivity (Wildman–Crippen MR) is 97.4 cm³/mol. The average Bonchev–Trinajstić information content (AvgIpc) is 3.07. The summed E-state index contributed by atoms with van der Waals surface area (Å²) >= 11 is 0. The number of fused-ring (bicyclic) bond motifs is 1. The van der Waals surface area contributed by atoms with E-state index in [4.69, 9.17) is 0 Å². The molecular weight excluding hydrogens is 368 g/mol. The van der Waals surface area contributed by atoms with Crippen molar-refractivity contribution >= 4 is 17.6 Å².